The summed E-state index contributed by atoms with van der Waals surface area (Å²) in [6, 6.07) is 0.919. The molecule has 1 N–H and O–H groups in total. The first-order chi connectivity index (χ1) is 8.85. The van der Waals surface area contributed by atoms with Crippen molar-refractivity contribution in [2.45, 2.75) is 46.1 Å². The van der Waals surface area contributed by atoms with Crippen LogP contribution in [0.3, 0.4) is 0 Å². The van der Waals surface area contributed by atoms with Crippen LogP contribution >= 0.6 is 11.6 Å². The lowest BCUT2D eigenvalue weighted by molar-refractivity contribution is 0.272. The van der Waals surface area contributed by atoms with E-state index >= 15 is 0 Å². The van der Waals surface area contributed by atoms with E-state index in [9.17, 15) is 8.78 Å². The van der Waals surface area contributed by atoms with Crippen LogP contribution in [-0.4, -0.2) is 6.54 Å². The normalized spacial score (nSPS) is 21.9. The first-order valence-electron chi connectivity index (χ1n) is 6.75. The Balaban J connectivity index is 2.57. The molecular formula is C15H20ClF2N. The highest BCUT2D eigenvalue weighted by Crippen LogP contribution is 2.42. The van der Waals surface area contributed by atoms with Crippen molar-refractivity contribution in [2.24, 2.45) is 5.41 Å². The fraction of sp³-hybridized carbons (Fsp3) is 0.600. The summed E-state index contributed by atoms with van der Waals surface area (Å²) in [5.41, 5.74) is 1.27. The molecule has 1 nitrogen and oxygen atoms in total. The van der Waals surface area contributed by atoms with E-state index in [-0.39, 0.29) is 11.5 Å². The zero-order valence-corrected chi connectivity index (χ0v) is 12.4. The molecule has 0 spiro atoms. The van der Waals surface area contributed by atoms with E-state index in [0.717, 1.165) is 24.5 Å². The first-order valence-corrected chi connectivity index (χ1v) is 7.13. The van der Waals surface area contributed by atoms with Gasteiger partial charge in [-0.2, -0.15) is 0 Å². The molecule has 1 unspecified atom stereocenters. The van der Waals surface area contributed by atoms with E-state index in [4.69, 9.17) is 11.6 Å². The maximum absolute atomic E-state index is 14.2. The Hall–Kier alpha value is -0.670. The van der Waals surface area contributed by atoms with Crippen LogP contribution in [0.15, 0.2) is 6.07 Å². The monoisotopic (exact) mass is 287 g/mol. The van der Waals surface area contributed by atoms with Crippen molar-refractivity contribution in [1.82, 2.24) is 5.32 Å². The lowest BCUT2D eigenvalue weighted by atomic mass is 9.83. The predicted molar refractivity (Wildman–Crippen MR) is 74.5 cm³/mol. The van der Waals surface area contributed by atoms with Crippen molar-refractivity contribution in [3.63, 3.8) is 0 Å². The van der Waals surface area contributed by atoms with Gasteiger partial charge < -0.3 is 5.32 Å². The number of hydrogen-bond donors (Lipinski definition) is 1. The van der Waals surface area contributed by atoms with Crippen molar-refractivity contribution in [3.8, 4) is 0 Å². The van der Waals surface area contributed by atoms with E-state index in [2.05, 4.69) is 19.2 Å². The van der Waals surface area contributed by atoms with Gasteiger partial charge in [-0.3, -0.25) is 0 Å². The Morgan fingerprint density at radius 3 is 2.74 bits per heavy atom. The van der Waals surface area contributed by atoms with Crippen LogP contribution in [0.25, 0.3) is 0 Å². The topological polar surface area (TPSA) is 12.0 Å². The number of hydrogen-bond acceptors (Lipinski definition) is 1. The third-order valence-electron chi connectivity index (χ3n) is 3.92. The lowest BCUT2D eigenvalue weighted by Crippen LogP contribution is -2.26. The van der Waals surface area contributed by atoms with Crippen molar-refractivity contribution in [1.29, 1.82) is 0 Å². The Morgan fingerprint density at radius 1 is 1.42 bits per heavy atom. The molecule has 0 amide bonds. The molecule has 1 aliphatic carbocycles. The lowest BCUT2D eigenvalue weighted by Gasteiger charge is -2.27. The molecule has 19 heavy (non-hydrogen) atoms. The molecule has 2 rings (SSSR count). The van der Waals surface area contributed by atoms with Crippen molar-refractivity contribution in [3.05, 3.63) is 33.9 Å². The fourth-order valence-electron chi connectivity index (χ4n) is 2.91. The van der Waals surface area contributed by atoms with Gasteiger partial charge in [0.1, 0.15) is 0 Å². The van der Waals surface area contributed by atoms with Crippen molar-refractivity contribution >= 4 is 11.6 Å². The maximum atomic E-state index is 14.2. The smallest absolute Gasteiger partial charge is 0.163 e. The minimum Gasteiger partial charge on any atom is -0.310 e. The molecule has 0 fully saturated rings. The summed E-state index contributed by atoms with van der Waals surface area (Å²) in [7, 11) is 0. The van der Waals surface area contributed by atoms with Crippen LogP contribution in [0.4, 0.5) is 8.78 Å². The Labute approximate surface area is 118 Å². The molecule has 0 radical (unpaired) electrons. The second-order valence-corrected chi connectivity index (χ2v) is 6.43. The zero-order chi connectivity index (χ0) is 14.2. The first kappa shape index (κ1) is 14.7. The molecular weight excluding hydrogens is 268 g/mol. The van der Waals surface area contributed by atoms with Crippen LogP contribution in [0.2, 0.25) is 5.02 Å². The van der Waals surface area contributed by atoms with Gasteiger partial charge in [-0.15, -0.1) is 0 Å². The average Bonchev–Trinajstić information content (AvgIpc) is 2.43. The summed E-state index contributed by atoms with van der Waals surface area (Å²) >= 11 is 6.12. The number of halogens is 3. The van der Waals surface area contributed by atoms with Crippen LogP contribution in [0.1, 0.15) is 50.8 Å². The molecule has 0 saturated carbocycles. The Morgan fingerprint density at radius 2 is 2.11 bits per heavy atom. The average molecular weight is 288 g/mol. The van der Waals surface area contributed by atoms with Crippen molar-refractivity contribution in [2.75, 3.05) is 6.54 Å². The van der Waals surface area contributed by atoms with E-state index in [0.29, 0.717) is 23.6 Å². The number of fused-ring (bicyclic) bond motifs is 1. The number of nitrogens with one attached hydrogen (secondary N) is 1. The largest absolute Gasteiger partial charge is 0.310 e. The molecule has 1 aromatic rings. The van der Waals surface area contributed by atoms with E-state index < -0.39 is 11.6 Å². The third-order valence-corrected chi connectivity index (χ3v) is 4.26. The summed E-state index contributed by atoms with van der Waals surface area (Å²) in [5.74, 6) is -1.60. The molecule has 1 aromatic carbocycles. The summed E-state index contributed by atoms with van der Waals surface area (Å²) in [5, 5.41) is 3.61. The maximum Gasteiger partial charge on any atom is 0.163 e. The van der Waals surface area contributed by atoms with Crippen molar-refractivity contribution < 1.29 is 8.78 Å². The second-order valence-electron chi connectivity index (χ2n) is 6.03. The van der Waals surface area contributed by atoms with Gasteiger partial charge in [-0.1, -0.05) is 32.4 Å². The minimum atomic E-state index is -0.855. The quantitative estimate of drug-likeness (QED) is 0.618. The van der Waals surface area contributed by atoms with Gasteiger partial charge in [-0.05, 0) is 42.9 Å². The van der Waals surface area contributed by atoms with Crippen LogP contribution in [-0.2, 0) is 6.42 Å². The van der Waals surface area contributed by atoms with Crippen LogP contribution < -0.4 is 5.32 Å². The second kappa shape index (κ2) is 5.37. The Bertz CT molecular complexity index is 486. The molecule has 0 heterocycles. The van der Waals surface area contributed by atoms with E-state index in [1.165, 1.54) is 0 Å². The molecule has 0 bridgehead atoms. The zero-order valence-electron chi connectivity index (χ0n) is 11.6. The summed E-state index contributed by atoms with van der Waals surface area (Å²) in [4.78, 5) is 0. The molecule has 0 aliphatic heterocycles. The van der Waals surface area contributed by atoms with Gasteiger partial charge in [0.15, 0.2) is 11.6 Å². The summed E-state index contributed by atoms with van der Waals surface area (Å²) < 4.78 is 27.8. The van der Waals surface area contributed by atoms with Gasteiger partial charge in [0.05, 0.1) is 0 Å². The molecule has 106 valence electrons. The molecule has 1 atom stereocenters. The molecule has 1 aliphatic rings. The third kappa shape index (κ3) is 2.92. The van der Waals surface area contributed by atoms with E-state index in [1.807, 2.05) is 6.92 Å². The van der Waals surface area contributed by atoms with E-state index in [1.54, 1.807) is 0 Å². The van der Waals surface area contributed by atoms with Gasteiger partial charge in [0, 0.05) is 16.6 Å². The van der Waals surface area contributed by atoms with Crippen LogP contribution in [0.5, 0.6) is 0 Å². The van der Waals surface area contributed by atoms with Crippen LogP contribution in [0, 0.1) is 17.0 Å². The SMILES string of the molecule is CCNC1CC(C)(C)CCc2c(Cl)cc(F)c(F)c21. The predicted octanol–water partition coefficient (Wildman–Crippen LogP) is 4.63. The Kier molecular flexibility index (Phi) is 4.17. The number of benzene rings is 1. The fourth-order valence-corrected chi connectivity index (χ4v) is 3.20. The van der Waals surface area contributed by atoms with Gasteiger partial charge in [0.2, 0.25) is 0 Å². The van der Waals surface area contributed by atoms with Gasteiger partial charge in [-0.25, -0.2) is 8.78 Å². The highest BCUT2D eigenvalue weighted by Gasteiger charge is 2.33. The molecule has 0 aromatic heterocycles. The number of rotatable bonds is 2. The minimum absolute atomic E-state index is 0.0815. The van der Waals surface area contributed by atoms with Gasteiger partial charge in [0.25, 0.3) is 0 Å². The summed E-state index contributed by atoms with van der Waals surface area (Å²) in [6.07, 6.45) is 2.40. The molecule has 0 saturated heterocycles. The van der Waals surface area contributed by atoms with Gasteiger partial charge >= 0.3 is 0 Å². The standard InChI is InChI=1S/C15H20ClF2N/c1-4-19-12-8-15(2,3)6-5-9-10(16)7-11(17)14(18)13(9)12/h7,12,19H,4-6,8H2,1-3H3. The highest BCUT2D eigenvalue weighted by molar-refractivity contribution is 6.31. The summed E-state index contributed by atoms with van der Waals surface area (Å²) in [6.45, 7) is 7.00. The highest BCUT2D eigenvalue weighted by atomic mass is 35.5. The molecule has 4 heteroatoms.